The Morgan fingerprint density at radius 1 is 1.16 bits per heavy atom. The second-order valence-electron chi connectivity index (χ2n) is 7.36. The van der Waals surface area contributed by atoms with Crippen molar-refractivity contribution in [1.29, 1.82) is 5.26 Å². The number of anilines is 1. The number of nitrogens with zero attached hydrogens (tertiary/aromatic N) is 3. The van der Waals surface area contributed by atoms with Crippen molar-refractivity contribution in [3.05, 3.63) is 70.9 Å². The molecule has 2 amide bonds. The van der Waals surface area contributed by atoms with Gasteiger partial charge in [0.05, 0.1) is 13.2 Å². The van der Waals surface area contributed by atoms with Crippen molar-refractivity contribution in [3.63, 3.8) is 0 Å². The molecular formula is C24H21ClN4O3. The van der Waals surface area contributed by atoms with Gasteiger partial charge < -0.3 is 19.5 Å². The van der Waals surface area contributed by atoms with E-state index < -0.39 is 5.91 Å². The molecule has 7 nitrogen and oxygen atoms in total. The summed E-state index contributed by atoms with van der Waals surface area (Å²) in [5.41, 5.74) is 2.00. The van der Waals surface area contributed by atoms with Crippen LogP contribution < -0.4 is 5.32 Å². The second kappa shape index (κ2) is 9.69. The van der Waals surface area contributed by atoms with E-state index in [1.54, 1.807) is 35.4 Å². The number of para-hydroxylation sites is 1. The molecule has 8 heteroatoms. The Morgan fingerprint density at radius 3 is 2.69 bits per heavy atom. The maximum absolute atomic E-state index is 12.7. The second-order valence-corrected chi connectivity index (χ2v) is 7.79. The number of rotatable bonds is 5. The van der Waals surface area contributed by atoms with Crippen LogP contribution in [0.25, 0.3) is 17.0 Å². The van der Waals surface area contributed by atoms with Crippen LogP contribution in [0, 0.1) is 11.3 Å². The standard InChI is InChI=1S/C24H21ClN4O3/c25-19-4-3-5-20(13-19)27-24(31)17(14-26)12-18-15-29(22-7-2-1-6-21(18)22)16-23(30)28-8-10-32-11-9-28/h1-7,12-13,15H,8-11,16H2,(H,27,31)/b17-12-. The van der Waals surface area contributed by atoms with E-state index in [-0.39, 0.29) is 18.0 Å². The number of aromatic nitrogens is 1. The first-order valence-electron chi connectivity index (χ1n) is 10.2. The van der Waals surface area contributed by atoms with Gasteiger partial charge >= 0.3 is 0 Å². The van der Waals surface area contributed by atoms with Crippen LogP contribution in [0.3, 0.4) is 0 Å². The lowest BCUT2D eigenvalue weighted by molar-refractivity contribution is -0.135. The zero-order valence-electron chi connectivity index (χ0n) is 17.3. The molecule has 2 aromatic carbocycles. The monoisotopic (exact) mass is 448 g/mol. The molecule has 0 atom stereocenters. The van der Waals surface area contributed by atoms with Gasteiger partial charge in [-0.2, -0.15) is 5.26 Å². The summed E-state index contributed by atoms with van der Waals surface area (Å²) in [7, 11) is 0. The van der Waals surface area contributed by atoms with Crippen LogP contribution >= 0.6 is 11.6 Å². The lowest BCUT2D eigenvalue weighted by atomic mass is 10.1. The summed E-state index contributed by atoms with van der Waals surface area (Å²) < 4.78 is 7.17. The van der Waals surface area contributed by atoms with Crippen molar-refractivity contribution in [2.24, 2.45) is 0 Å². The summed E-state index contributed by atoms with van der Waals surface area (Å²) in [6.07, 6.45) is 3.34. The number of amides is 2. The predicted molar refractivity (Wildman–Crippen MR) is 123 cm³/mol. The topological polar surface area (TPSA) is 87.4 Å². The van der Waals surface area contributed by atoms with Crippen molar-refractivity contribution in [3.8, 4) is 6.07 Å². The molecule has 1 saturated heterocycles. The molecule has 1 fully saturated rings. The largest absolute Gasteiger partial charge is 0.378 e. The molecule has 1 aliphatic heterocycles. The number of carbonyl (C=O) groups is 2. The van der Waals surface area contributed by atoms with E-state index in [0.29, 0.717) is 42.6 Å². The van der Waals surface area contributed by atoms with E-state index in [1.165, 1.54) is 6.08 Å². The first-order chi connectivity index (χ1) is 15.5. The number of hydrogen-bond acceptors (Lipinski definition) is 4. The van der Waals surface area contributed by atoms with Gasteiger partial charge in [-0.1, -0.05) is 35.9 Å². The number of benzene rings is 2. The smallest absolute Gasteiger partial charge is 0.266 e. The van der Waals surface area contributed by atoms with Crippen LogP contribution in [0.4, 0.5) is 5.69 Å². The summed E-state index contributed by atoms with van der Waals surface area (Å²) >= 11 is 5.97. The molecule has 0 aliphatic carbocycles. The maximum Gasteiger partial charge on any atom is 0.266 e. The molecule has 0 saturated carbocycles. The van der Waals surface area contributed by atoms with Crippen LogP contribution in [0.15, 0.2) is 60.3 Å². The van der Waals surface area contributed by atoms with E-state index in [0.717, 1.165) is 10.9 Å². The molecule has 4 rings (SSSR count). The number of morpholine rings is 1. The fraction of sp³-hybridized carbons (Fsp3) is 0.208. The van der Waals surface area contributed by atoms with Crippen LogP contribution in [-0.4, -0.2) is 47.6 Å². The first kappa shape index (κ1) is 21.6. The highest BCUT2D eigenvalue weighted by molar-refractivity contribution is 6.31. The fourth-order valence-electron chi connectivity index (χ4n) is 3.65. The highest BCUT2D eigenvalue weighted by Gasteiger charge is 2.19. The summed E-state index contributed by atoms with van der Waals surface area (Å²) in [4.78, 5) is 27.2. The van der Waals surface area contributed by atoms with Crippen molar-refractivity contribution in [2.45, 2.75) is 6.54 Å². The molecule has 0 bridgehead atoms. The summed E-state index contributed by atoms with van der Waals surface area (Å²) in [6.45, 7) is 2.41. The van der Waals surface area contributed by atoms with Gasteiger partial charge in [0.25, 0.3) is 5.91 Å². The fourth-order valence-corrected chi connectivity index (χ4v) is 3.84. The highest BCUT2D eigenvalue weighted by Crippen LogP contribution is 2.24. The Bertz CT molecular complexity index is 1240. The quantitative estimate of drug-likeness (QED) is 0.476. The number of ether oxygens (including phenoxy) is 1. The van der Waals surface area contributed by atoms with E-state index >= 15 is 0 Å². The number of nitrogens with one attached hydrogen (secondary N) is 1. The maximum atomic E-state index is 12.7. The van der Waals surface area contributed by atoms with Crippen molar-refractivity contribution >= 4 is 46.1 Å². The highest BCUT2D eigenvalue weighted by atomic mass is 35.5. The third-order valence-electron chi connectivity index (χ3n) is 5.24. The summed E-state index contributed by atoms with van der Waals surface area (Å²) in [6, 6.07) is 16.3. The minimum absolute atomic E-state index is 0.00351. The van der Waals surface area contributed by atoms with Gasteiger partial charge in [0, 0.05) is 46.5 Å². The Labute approximate surface area is 190 Å². The Hall–Kier alpha value is -3.60. The predicted octanol–water partition coefficient (Wildman–Crippen LogP) is 3.70. The third kappa shape index (κ3) is 4.83. The Morgan fingerprint density at radius 2 is 1.94 bits per heavy atom. The Balaban J connectivity index is 1.61. The van der Waals surface area contributed by atoms with E-state index in [1.807, 2.05) is 34.9 Å². The number of hydrogen-bond donors (Lipinski definition) is 1. The van der Waals surface area contributed by atoms with Crippen molar-refractivity contribution < 1.29 is 14.3 Å². The molecule has 32 heavy (non-hydrogen) atoms. The molecule has 0 unspecified atom stereocenters. The minimum atomic E-state index is -0.531. The average Bonchev–Trinajstić information content (AvgIpc) is 3.15. The summed E-state index contributed by atoms with van der Waals surface area (Å²) in [5.74, 6) is -0.528. The van der Waals surface area contributed by atoms with Crippen molar-refractivity contribution in [1.82, 2.24) is 9.47 Å². The van der Waals surface area contributed by atoms with Gasteiger partial charge in [-0.15, -0.1) is 0 Å². The number of fused-ring (bicyclic) bond motifs is 1. The van der Waals surface area contributed by atoms with Crippen LogP contribution in [0.1, 0.15) is 5.56 Å². The van der Waals surface area contributed by atoms with E-state index in [2.05, 4.69) is 5.32 Å². The molecule has 1 aromatic heterocycles. The molecule has 162 valence electrons. The molecule has 3 aromatic rings. The van der Waals surface area contributed by atoms with Gasteiger partial charge in [0.1, 0.15) is 18.2 Å². The van der Waals surface area contributed by atoms with E-state index in [9.17, 15) is 14.9 Å². The molecule has 2 heterocycles. The van der Waals surface area contributed by atoms with Crippen LogP contribution in [0.2, 0.25) is 5.02 Å². The molecule has 0 radical (unpaired) electrons. The molecule has 1 N–H and O–H groups in total. The molecule has 0 spiro atoms. The number of carbonyl (C=O) groups excluding carboxylic acids is 2. The zero-order chi connectivity index (χ0) is 22.5. The van der Waals surface area contributed by atoms with Gasteiger partial charge in [-0.05, 0) is 30.3 Å². The van der Waals surface area contributed by atoms with Gasteiger partial charge in [-0.3, -0.25) is 9.59 Å². The molecule has 1 aliphatic rings. The first-order valence-corrected chi connectivity index (χ1v) is 10.5. The average molecular weight is 449 g/mol. The number of halogens is 1. The van der Waals surface area contributed by atoms with Crippen molar-refractivity contribution in [2.75, 3.05) is 31.6 Å². The minimum Gasteiger partial charge on any atom is -0.378 e. The van der Waals surface area contributed by atoms with Gasteiger partial charge in [0.15, 0.2) is 0 Å². The van der Waals surface area contributed by atoms with Crippen LogP contribution in [-0.2, 0) is 20.9 Å². The lowest BCUT2D eigenvalue weighted by Crippen LogP contribution is -2.42. The Kier molecular flexibility index (Phi) is 6.55. The lowest BCUT2D eigenvalue weighted by Gasteiger charge is -2.27. The van der Waals surface area contributed by atoms with E-state index in [4.69, 9.17) is 16.3 Å². The van der Waals surface area contributed by atoms with Gasteiger partial charge in [0.2, 0.25) is 5.91 Å². The normalized spacial score (nSPS) is 14.2. The molecular weight excluding hydrogens is 428 g/mol. The van der Waals surface area contributed by atoms with Crippen LogP contribution in [0.5, 0.6) is 0 Å². The van der Waals surface area contributed by atoms with Gasteiger partial charge in [-0.25, -0.2) is 0 Å². The third-order valence-corrected chi connectivity index (χ3v) is 5.47. The zero-order valence-corrected chi connectivity index (χ0v) is 18.0. The number of nitriles is 1. The summed E-state index contributed by atoms with van der Waals surface area (Å²) in [5, 5.41) is 13.6. The SMILES string of the molecule is N#C/C(=C/c1cn(CC(=O)N2CCOCC2)c2ccccc12)C(=O)Nc1cccc(Cl)c1.